The lowest BCUT2D eigenvalue weighted by molar-refractivity contribution is 0.669. The number of hydrogen-bond donors (Lipinski definition) is 0. The maximum absolute atomic E-state index is 10.3. The van der Waals surface area contributed by atoms with Gasteiger partial charge in [0.2, 0.25) is 0 Å². The normalized spacial score (nSPS) is 18.5. The highest BCUT2D eigenvalue weighted by molar-refractivity contribution is 6.31. The summed E-state index contributed by atoms with van der Waals surface area (Å²) in [6.45, 7) is 0. The van der Waals surface area contributed by atoms with E-state index in [1.54, 1.807) is 24.3 Å². The van der Waals surface area contributed by atoms with Crippen LogP contribution in [0.3, 0.4) is 0 Å². The van der Waals surface area contributed by atoms with E-state index in [0.29, 0.717) is 22.3 Å². The van der Waals surface area contributed by atoms with Gasteiger partial charge in [-0.3, -0.25) is 0 Å². The van der Waals surface area contributed by atoms with Crippen molar-refractivity contribution in [2.24, 2.45) is 0 Å². The van der Waals surface area contributed by atoms with Gasteiger partial charge in [-0.05, 0) is 290 Å². The second kappa shape index (κ2) is 22.6. The third-order valence-electron chi connectivity index (χ3n) is 20.7. The standard InChI is InChI=1S/2C54H30O/c2*1-2-10-44-31(5-1)19-26-49-54(44)47-30-38(20-25-48(47)55-49)39-27-40(42-21-15-36-13-11-32-6-3-8-34-17-23-45(42)52(36)50(32)34)29-41(28-39)43-22-16-37-14-12-33-7-4-9-35-18-24-46(43)53(37)51(33)35/h2*1-30H/i1D,2D,3D,4D,5D,6D,7D,8D,9D,10D,11D,12D,13D,14D,15D,16D,17D,18D,19D,20D,21D,22D,23D,24D,25D,26D,27D,28D,29D,30D;3D,4D,6D,7D,8D,9D,11D,12D,13D,14D,15D,16D,17D,18D,21D,22D,23D,24D. The average Bonchev–Trinajstić information content (AvgIpc) is 0.819. The molecule has 24 aromatic carbocycles. The topological polar surface area (TPSA) is 26.3 Å². The lowest BCUT2D eigenvalue weighted by Gasteiger charge is -2.18. The Labute approximate surface area is 697 Å². The first kappa shape index (κ1) is 30.4. The van der Waals surface area contributed by atoms with Crippen LogP contribution in [0.2, 0.25) is 0 Å². The van der Waals surface area contributed by atoms with Gasteiger partial charge >= 0.3 is 0 Å². The van der Waals surface area contributed by atoms with Gasteiger partial charge in [-0.25, -0.2) is 0 Å². The average molecular weight is 1440 g/mol. The van der Waals surface area contributed by atoms with Gasteiger partial charge < -0.3 is 8.83 Å². The van der Waals surface area contributed by atoms with E-state index in [9.17, 15) is 30.2 Å². The van der Waals surface area contributed by atoms with Gasteiger partial charge in [-0.1, -0.05) is 290 Å². The molecule has 0 saturated carbocycles. The van der Waals surface area contributed by atoms with Crippen LogP contribution in [0.4, 0.5) is 0 Å². The van der Waals surface area contributed by atoms with Crippen molar-refractivity contribution in [2.75, 3.05) is 0 Å². The minimum absolute atomic E-state index is 0.0277. The molecule has 26 aromatic rings. The Balaban J connectivity index is 0.000000163. The van der Waals surface area contributed by atoms with Crippen LogP contribution in [-0.4, -0.2) is 0 Å². The van der Waals surface area contributed by atoms with Gasteiger partial charge in [0.1, 0.15) is 22.3 Å². The van der Waals surface area contributed by atoms with E-state index in [0.717, 1.165) is 21.5 Å². The van der Waals surface area contributed by atoms with Gasteiger partial charge in [0.05, 0.1) is 65.8 Å². The molecule has 2 aromatic heterocycles. The van der Waals surface area contributed by atoms with E-state index in [-0.39, 0.29) is 97.7 Å². The summed E-state index contributed by atoms with van der Waals surface area (Å²) in [4.78, 5) is 0. The monoisotopic (exact) mass is 1440 g/mol. The molecule has 0 N–H and O–H groups in total. The molecule has 2 heteroatoms. The summed E-state index contributed by atoms with van der Waals surface area (Å²) in [6.07, 6.45) is 0. The van der Waals surface area contributed by atoms with Gasteiger partial charge in [0.25, 0.3) is 0 Å². The molecule has 0 saturated heterocycles. The van der Waals surface area contributed by atoms with Crippen molar-refractivity contribution in [3.05, 3.63) is 363 Å². The molecule has 0 spiro atoms. The van der Waals surface area contributed by atoms with Crippen LogP contribution < -0.4 is 0 Å². The van der Waals surface area contributed by atoms with Crippen molar-refractivity contribution in [3.8, 4) is 66.8 Å². The summed E-state index contributed by atoms with van der Waals surface area (Å²) in [5.74, 6) is 0. The highest BCUT2D eigenvalue weighted by Gasteiger charge is 2.23. The molecule has 0 amide bonds. The quantitative estimate of drug-likeness (QED) is 0.155. The molecule has 0 bridgehead atoms. The second-order valence-corrected chi connectivity index (χ2v) is 26.5. The lowest BCUT2D eigenvalue weighted by Crippen LogP contribution is -1.91. The first-order valence-corrected chi connectivity index (χ1v) is 34.3. The lowest BCUT2D eigenvalue weighted by atomic mass is 9.86. The predicted octanol–water partition coefficient (Wildman–Crippen LogP) is 31.1. The van der Waals surface area contributed by atoms with Crippen LogP contribution in [-0.2, 0) is 0 Å². The molecule has 26 rings (SSSR count). The molecule has 0 unspecified atom stereocenters. The molecule has 2 nitrogen and oxygen atoms in total. The van der Waals surface area contributed by atoms with Crippen molar-refractivity contribution in [3.63, 3.8) is 0 Å². The van der Waals surface area contributed by atoms with Crippen LogP contribution in [0.5, 0.6) is 0 Å². The summed E-state index contributed by atoms with van der Waals surface area (Å²) >= 11 is 0. The molecular formula is C108H60O2. The minimum atomic E-state index is -1.14. The van der Waals surface area contributed by atoms with Crippen molar-refractivity contribution in [1.29, 1.82) is 0 Å². The van der Waals surface area contributed by atoms with Gasteiger partial charge in [0, 0.05) is 21.5 Å². The Hall–Kier alpha value is -14.4. The van der Waals surface area contributed by atoms with E-state index < -0.39 is 410 Å². The van der Waals surface area contributed by atoms with E-state index in [1.165, 1.54) is 6.07 Å². The molecule has 0 atom stereocenters. The summed E-state index contributed by atoms with van der Waals surface area (Å²) in [5.41, 5.74) is -4.50. The fourth-order valence-corrected chi connectivity index (χ4v) is 15.8. The van der Waals surface area contributed by atoms with Gasteiger partial charge in [0.15, 0.2) is 0 Å². The predicted molar refractivity (Wildman–Crippen MR) is 470 cm³/mol. The fourth-order valence-electron chi connectivity index (χ4n) is 15.8. The van der Waals surface area contributed by atoms with Crippen molar-refractivity contribution >= 4 is 195 Å². The number of fused-ring (bicyclic) bond motifs is 10. The fraction of sp³-hybridized carbons (Fsp3) is 0. The van der Waals surface area contributed by atoms with Crippen LogP contribution in [0.25, 0.3) is 261 Å². The zero-order chi connectivity index (χ0) is 113. The molecule has 0 aliphatic carbocycles. The Morgan fingerprint density at radius 2 is 0.545 bits per heavy atom. The van der Waals surface area contributed by atoms with Gasteiger partial charge in [-0.2, -0.15) is 0 Å². The van der Waals surface area contributed by atoms with Crippen molar-refractivity contribution < 1.29 is 74.6 Å². The highest BCUT2D eigenvalue weighted by Crippen LogP contribution is 2.49. The SMILES string of the molecule is [2H]c1c(-c2c([2H])c([2H])c3oc4c([2H])c([2H])c5c([2H])c([2H])c([2H])c([2H])c5c4c3c2[2H])c([2H])c(-c2c([2H])c([2H])c3c([2H])c([2H])c4c([2H])c([2H])c([2H])c5c([2H])c([2H])c2c3c45)c([2H])c1-c1c([2H])c([2H])c2c([2H])c([2H])c3c([2H])c([2H])c([2H])c4c([2H])c([2H])c1c2c34.[2H]c1c([2H])c2c([2H])c([2H])c3c([2H])c([2H])c(-c4cc(-c5ccc6oc7ccc8ccccc8c7c6c5)cc(-c5c([2H])c([2H])c6c([2H])c([2H])c7c([2H])c([2H])c([2H])c8c([2H])c([2H])c5c6c78)c4)c4c([2H])c([2H])c(c1[2H])c2c34. The molecule has 110 heavy (non-hydrogen) atoms. The molecule has 0 radical (unpaired) electrons. The summed E-state index contributed by atoms with van der Waals surface area (Å²) in [7, 11) is 0. The van der Waals surface area contributed by atoms with Crippen LogP contribution >= 0.6 is 0 Å². The van der Waals surface area contributed by atoms with Crippen molar-refractivity contribution in [1.82, 2.24) is 0 Å². The first-order valence-electron chi connectivity index (χ1n) is 58.3. The molecule has 0 aliphatic heterocycles. The number of benzene rings is 24. The van der Waals surface area contributed by atoms with E-state index >= 15 is 0 Å². The summed E-state index contributed by atoms with van der Waals surface area (Å²) in [5, 5.41) is -6.22. The largest absolute Gasteiger partial charge is 0.456 e. The maximum Gasteiger partial charge on any atom is 0.136 e. The third-order valence-corrected chi connectivity index (χ3v) is 20.7. The Bertz CT molecular complexity index is 11000. The van der Waals surface area contributed by atoms with E-state index in [1.807, 2.05) is 42.5 Å². The summed E-state index contributed by atoms with van der Waals surface area (Å²) < 4.78 is 456. The smallest absolute Gasteiger partial charge is 0.136 e. The Morgan fingerprint density at radius 1 is 0.164 bits per heavy atom. The molecular weight excluding hydrogens is 1330 g/mol. The third kappa shape index (κ3) is 8.70. The number of furan rings is 2. The minimum Gasteiger partial charge on any atom is -0.456 e. The molecule has 2 heterocycles. The Morgan fingerprint density at radius 3 is 1.05 bits per heavy atom. The van der Waals surface area contributed by atoms with Crippen LogP contribution in [0, 0.1) is 0 Å². The number of hydrogen-bond acceptors (Lipinski definition) is 2. The molecule has 0 aliphatic rings. The zero-order valence-corrected chi connectivity index (χ0v) is 55.7. The number of rotatable bonds is 6. The maximum atomic E-state index is 10.3. The van der Waals surface area contributed by atoms with Gasteiger partial charge in [-0.15, -0.1) is 0 Å². The van der Waals surface area contributed by atoms with Crippen LogP contribution in [0.1, 0.15) is 65.8 Å². The zero-order valence-electron chi connectivity index (χ0n) is 104. The van der Waals surface area contributed by atoms with Crippen LogP contribution in [0.15, 0.2) is 372 Å². The van der Waals surface area contributed by atoms with E-state index in [4.69, 9.17) is 44.5 Å². The van der Waals surface area contributed by atoms with Crippen molar-refractivity contribution in [2.45, 2.75) is 0 Å². The second-order valence-electron chi connectivity index (χ2n) is 26.5. The molecule has 0 fully saturated rings. The Kier molecular flexibility index (Phi) is 6.24. The highest BCUT2D eigenvalue weighted by atomic mass is 16.3. The molecule has 504 valence electrons. The van der Waals surface area contributed by atoms with E-state index in [2.05, 4.69) is 0 Å². The first-order chi connectivity index (χ1) is 74.6. The summed E-state index contributed by atoms with van der Waals surface area (Å²) in [6, 6.07) is -14.4.